The fourth-order valence-electron chi connectivity index (χ4n) is 3.65. The van der Waals surface area contributed by atoms with Crippen molar-refractivity contribution < 1.29 is 32.3 Å². The molecule has 0 bridgehead atoms. The number of carbonyl (C=O) groups excluding carboxylic acids is 4. The summed E-state index contributed by atoms with van der Waals surface area (Å²) in [6.45, 7) is 0.127. The van der Waals surface area contributed by atoms with Crippen molar-refractivity contribution in [2.45, 2.75) is 37.8 Å². The molecule has 1 unspecified atom stereocenters. The standard InChI is InChI=1S/C24H31N5O7S2/c1-36-23(33)29-24(10-11-38(2,34)35,13-15-4-3-5-16(12-15)21(25)26)19(30)8-9-20(31)28-14-17-6-7-18(37-17)22(27)32/h3-7,12H,8-11,13-14H2,1-2H3,(H3,25,26)(H2,27,32)(H,28,31)(H,29,33). The Morgan fingerprint density at radius 2 is 1.82 bits per heavy atom. The second kappa shape index (κ2) is 13.1. The number of thiophene rings is 1. The first-order chi connectivity index (χ1) is 17.7. The van der Waals surface area contributed by atoms with Crippen LogP contribution in [0.5, 0.6) is 0 Å². The maximum Gasteiger partial charge on any atom is 0.407 e. The Kier molecular flexibility index (Phi) is 10.5. The van der Waals surface area contributed by atoms with Crippen LogP contribution in [0.15, 0.2) is 36.4 Å². The van der Waals surface area contributed by atoms with Gasteiger partial charge in [0.15, 0.2) is 5.78 Å². The SMILES string of the molecule is COC(=O)NC(CCS(C)(=O)=O)(Cc1cccc(C(=N)N)c1)C(=O)CCC(=O)NCc1ccc(C(N)=O)s1. The van der Waals surface area contributed by atoms with Crippen LogP contribution in [0.3, 0.4) is 0 Å². The van der Waals surface area contributed by atoms with E-state index in [0.717, 1.165) is 24.7 Å². The number of ether oxygens (including phenoxy) is 1. The van der Waals surface area contributed by atoms with E-state index in [1.54, 1.807) is 36.4 Å². The highest BCUT2D eigenvalue weighted by atomic mass is 32.2. The molecule has 2 aromatic rings. The third-order valence-electron chi connectivity index (χ3n) is 5.65. The molecule has 38 heavy (non-hydrogen) atoms. The van der Waals surface area contributed by atoms with E-state index in [2.05, 4.69) is 10.6 Å². The van der Waals surface area contributed by atoms with Crippen molar-refractivity contribution in [2.24, 2.45) is 11.5 Å². The van der Waals surface area contributed by atoms with Gasteiger partial charge in [0, 0.05) is 36.0 Å². The number of nitrogens with one attached hydrogen (secondary N) is 3. The minimum absolute atomic E-state index is 0.121. The lowest BCUT2D eigenvalue weighted by molar-refractivity contribution is -0.129. The second-order valence-electron chi connectivity index (χ2n) is 8.70. The summed E-state index contributed by atoms with van der Waals surface area (Å²) in [5, 5.41) is 12.8. The fourth-order valence-corrected chi connectivity index (χ4v) is 5.17. The number of primary amides is 1. The summed E-state index contributed by atoms with van der Waals surface area (Å²) in [7, 11) is -2.42. The number of nitrogens with two attached hydrogens (primary N) is 2. The summed E-state index contributed by atoms with van der Waals surface area (Å²) < 4.78 is 28.7. The van der Waals surface area contributed by atoms with Gasteiger partial charge in [-0.1, -0.05) is 18.2 Å². The van der Waals surface area contributed by atoms with Gasteiger partial charge in [0.05, 0.1) is 24.3 Å². The number of ketones is 1. The van der Waals surface area contributed by atoms with E-state index < -0.39 is 44.8 Å². The molecule has 0 radical (unpaired) electrons. The number of Topliss-reactive ketones (excluding diaryl/α,β-unsaturated/α-hetero) is 1. The first-order valence-electron chi connectivity index (χ1n) is 11.4. The number of hydrogen-bond donors (Lipinski definition) is 5. The highest BCUT2D eigenvalue weighted by Crippen LogP contribution is 2.24. The molecule has 12 nitrogen and oxygen atoms in total. The highest BCUT2D eigenvalue weighted by molar-refractivity contribution is 7.90. The number of amides is 3. The Hall–Kier alpha value is -3.78. The minimum atomic E-state index is -3.53. The van der Waals surface area contributed by atoms with Crippen molar-refractivity contribution in [3.05, 3.63) is 57.3 Å². The molecule has 0 aliphatic heterocycles. The lowest BCUT2D eigenvalue weighted by Gasteiger charge is -2.33. The molecule has 0 spiro atoms. The number of rotatable bonds is 14. The van der Waals surface area contributed by atoms with Crippen molar-refractivity contribution in [3.8, 4) is 0 Å². The Morgan fingerprint density at radius 1 is 1.11 bits per heavy atom. The molecular formula is C24H31N5O7S2. The van der Waals surface area contributed by atoms with Crippen LogP contribution in [0.25, 0.3) is 0 Å². The molecule has 1 heterocycles. The van der Waals surface area contributed by atoms with Gasteiger partial charge in [-0.05, 0) is 30.2 Å². The van der Waals surface area contributed by atoms with E-state index in [1.165, 1.54) is 0 Å². The maximum atomic E-state index is 13.6. The predicted molar refractivity (Wildman–Crippen MR) is 143 cm³/mol. The average Bonchev–Trinajstić information content (AvgIpc) is 3.33. The smallest absolute Gasteiger partial charge is 0.407 e. The summed E-state index contributed by atoms with van der Waals surface area (Å²) in [4.78, 5) is 50.6. The van der Waals surface area contributed by atoms with Gasteiger partial charge in [0.2, 0.25) is 5.91 Å². The number of sulfone groups is 1. The molecule has 0 fully saturated rings. The molecule has 0 aliphatic carbocycles. The number of hydrogen-bond acceptors (Lipinski definition) is 9. The monoisotopic (exact) mass is 565 g/mol. The lowest BCUT2D eigenvalue weighted by Crippen LogP contribution is -2.57. The zero-order chi connectivity index (χ0) is 28.5. The Labute approximate surface area is 224 Å². The third-order valence-corrected chi connectivity index (χ3v) is 7.69. The number of carbonyl (C=O) groups is 4. The number of nitrogen functional groups attached to an aromatic ring is 1. The second-order valence-corrected chi connectivity index (χ2v) is 12.1. The summed E-state index contributed by atoms with van der Waals surface area (Å²) >= 11 is 1.14. The summed E-state index contributed by atoms with van der Waals surface area (Å²) in [6, 6.07) is 9.65. The summed E-state index contributed by atoms with van der Waals surface area (Å²) in [5.74, 6) is -2.22. The highest BCUT2D eigenvalue weighted by Gasteiger charge is 2.40. The van der Waals surface area contributed by atoms with E-state index in [0.29, 0.717) is 20.9 Å². The van der Waals surface area contributed by atoms with Crippen LogP contribution < -0.4 is 22.1 Å². The largest absolute Gasteiger partial charge is 0.453 e. The summed E-state index contributed by atoms with van der Waals surface area (Å²) in [5.41, 5.74) is 10.00. The number of alkyl carbamates (subject to hydrolysis) is 1. The Bertz CT molecular complexity index is 1320. The van der Waals surface area contributed by atoms with Gasteiger partial charge < -0.3 is 26.8 Å². The molecule has 2 rings (SSSR count). The van der Waals surface area contributed by atoms with E-state index in [9.17, 15) is 27.6 Å². The first kappa shape index (κ1) is 30.4. The van der Waals surface area contributed by atoms with Crippen LogP contribution in [-0.2, 0) is 37.1 Å². The molecule has 0 saturated heterocycles. The zero-order valence-corrected chi connectivity index (χ0v) is 22.7. The molecule has 7 N–H and O–H groups in total. The Balaban J connectivity index is 2.25. The van der Waals surface area contributed by atoms with Crippen LogP contribution in [0, 0.1) is 5.41 Å². The number of methoxy groups -OCH3 is 1. The normalized spacial score (nSPS) is 12.7. The molecule has 0 saturated carbocycles. The van der Waals surface area contributed by atoms with Crippen molar-refractivity contribution in [2.75, 3.05) is 19.1 Å². The molecular weight excluding hydrogens is 534 g/mol. The van der Waals surface area contributed by atoms with Crippen molar-refractivity contribution in [1.82, 2.24) is 10.6 Å². The molecule has 14 heteroatoms. The molecule has 1 atom stereocenters. The quantitative estimate of drug-likeness (QED) is 0.163. The third kappa shape index (κ3) is 9.27. The van der Waals surface area contributed by atoms with Crippen LogP contribution in [-0.4, -0.2) is 62.6 Å². The fraction of sp³-hybridized carbons (Fsp3) is 0.375. The molecule has 206 valence electrons. The van der Waals surface area contributed by atoms with Gasteiger partial charge in [-0.25, -0.2) is 13.2 Å². The van der Waals surface area contributed by atoms with Crippen molar-refractivity contribution in [1.29, 1.82) is 5.41 Å². The van der Waals surface area contributed by atoms with E-state index in [4.69, 9.17) is 21.6 Å². The van der Waals surface area contributed by atoms with Gasteiger partial charge in [0.1, 0.15) is 21.2 Å². The van der Waals surface area contributed by atoms with Gasteiger partial charge in [-0.2, -0.15) is 0 Å². The van der Waals surface area contributed by atoms with Gasteiger partial charge in [0.25, 0.3) is 5.91 Å². The minimum Gasteiger partial charge on any atom is -0.453 e. The van der Waals surface area contributed by atoms with E-state index >= 15 is 0 Å². The van der Waals surface area contributed by atoms with E-state index in [1.807, 2.05) is 0 Å². The number of amidine groups is 1. The predicted octanol–water partition coefficient (Wildman–Crippen LogP) is 0.869. The van der Waals surface area contributed by atoms with Gasteiger partial charge >= 0.3 is 6.09 Å². The van der Waals surface area contributed by atoms with Crippen LogP contribution in [0.4, 0.5) is 4.79 Å². The van der Waals surface area contributed by atoms with Crippen LogP contribution in [0.2, 0.25) is 0 Å². The molecule has 1 aromatic heterocycles. The lowest BCUT2D eigenvalue weighted by atomic mass is 9.82. The summed E-state index contributed by atoms with van der Waals surface area (Å²) in [6.07, 6.45) is -0.853. The van der Waals surface area contributed by atoms with Crippen molar-refractivity contribution >= 4 is 50.7 Å². The van der Waals surface area contributed by atoms with Crippen LogP contribution in [0.1, 0.15) is 44.9 Å². The first-order valence-corrected chi connectivity index (χ1v) is 14.3. The average molecular weight is 566 g/mol. The van der Waals surface area contributed by atoms with Gasteiger partial charge in [-0.15, -0.1) is 11.3 Å². The molecule has 1 aromatic carbocycles. The maximum absolute atomic E-state index is 13.6. The Morgan fingerprint density at radius 3 is 2.39 bits per heavy atom. The molecule has 3 amide bonds. The van der Waals surface area contributed by atoms with E-state index in [-0.39, 0.29) is 38.1 Å². The van der Waals surface area contributed by atoms with Gasteiger partial charge in [-0.3, -0.25) is 19.8 Å². The molecule has 0 aliphatic rings. The topological polar surface area (TPSA) is 212 Å². The van der Waals surface area contributed by atoms with Crippen molar-refractivity contribution in [3.63, 3.8) is 0 Å². The van der Waals surface area contributed by atoms with Crippen LogP contribution >= 0.6 is 11.3 Å². The number of benzene rings is 1. The zero-order valence-electron chi connectivity index (χ0n) is 21.0.